The lowest BCUT2D eigenvalue weighted by molar-refractivity contribution is 0.397. The van der Waals surface area contributed by atoms with Gasteiger partial charge in [-0.25, -0.2) is 0 Å². The second kappa shape index (κ2) is 10.1. The van der Waals surface area contributed by atoms with Crippen molar-refractivity contribution in [2.75, 3.05) is 6.54 Å². The monoisotopic (exact) mass is 545 g/mol. The maximum absolute atomic E-state index is 6.46. The average Bonchev–Trinajstić information content (AvgIpc) is 3.44. The molecular weight excluding hydrogens is 502 g/mol. The minimum atomic E-state index is -0.343. The number of nitrogens with two attached hydrogens (primary N) is 1. The van der Waals surface area contributed by atoms with Crippen molar-refractivity contribution in [1.82, 2.24) is 10.2 Å². The fourth-order valence-corrected chi connectivity index (χ4v) is 7.36. The fraction of sp³-hybridized carbons (Fsp3) is 0.405. The smallest absolute Gasteiger partial charge is 0.226 e. The molecule has 2 aliphatic rings. The molecule has 0 fully saturated rings. The third kappa shape index (κ3) is 4.30. The van der Waals surface area contributed by atoms with Crippen LogP contribution in [-0.2, 0) is 10.8 Å². The van der Waals surface area contributed by atoms with Gasteiger partial charge in [0, 0.05) is 24.8 Å². The third-order valence-electron chi connectivity index (χ3n) is 10.3. The zero-order chi connectivity index (χ0) is 29.1. The van der Waals surface area contributed by atoms with E-state index in [1.54, 1.807) is 5.57 Å². The lowest BCUT2D eigenvalue weighted by Crippen LogP contribution is -2.55. The van der Waals surface area contributed by atoms with Crippen molar-refractivity contribution in [2.45, 2.75) is 89.9 Å². The van der Waals surface area contributed by atoms with Crippen LogP contribution in [0.4, 0.5) is 0 Å². The van der Waals surface area contributed by atoms with Crippen LogP contribution in [0.15, 0.2) is 71.1 Å². The number of aromatic nitrogens is 2. The van der Waals surface area contributed by atoms with Gasteiger partial charge in [0.2, 0.25) is 11.8 Å². The summed E-state index contributed by atoms with van der Waals surface area (Å²) in [6, 6.07) is 25.2. The van der Waals surface area contributed by atoms with Gasteiger partial charge in [0.15, 0.2) is 0 Å². The number of aryl methyl sites for hydroxylation is 1. The standard InChI is InChI=1S/C37H43N3O/c1-22(2)25-11-13-27(14-12-25)31(21-38)29-19-20-33-34-30(29)9-8-10-32(34)37(33,7)23(3)26-15-17-28(18-16-26)36(5,6)35-40-39-24(4)41-35/h8-18,22-23,31H,19-21,38H2,1-7H3. The first-order valence-corrected chi connectivity index (χ1v) is 15.1. The zero-order valence-electron chi connectivity index (χ0n) is 25.6. The van der Waals surface area contributed by atoms with E-state index in [0.29, 0.717) is 30.2 Å². The van der Waals surface area contributed by atoms with Gasteiger partial charge < -0.3 is 10.2 Å². The predicted molar refractivity (Wildman–Crippen MR) is 167 cm³/mol. The summed E-state index contributed by atoms with van der Waals surface area (Å²) < 4.78 is 5.79. The topological polar surface area (TPSA) is 64.9 Å². The van der Waals surface area contributed by atoms with Crippen molar-refractivity contribution < 1.29 is 4.42 Å². The summed E-state index contributed by atoms with van der Waals surface area (Å²) in [5.41, 5.74) is 16.0. The second-order valence-corrected chi connectivity index (χ2v) is 13.1. The summed E-state index contributed by atoms with van der Waals surface area (Å²) >= 11 is 0. The molecule has 0 radical (unpaired) electrons. The Kier molecular flexibility index (Phi) is 6.81. The van der Waals surface area contributed by atoms with Crippen LogP contribution in [0.25, 0.3) is 11.1 Å². The van der Waals surface area contributed by atoms with Crippen molar-refractivity contribution in [2.24, 2.45) is 5.73 Å². The van der Waals surface area contributed by atoms with E-state index in [1.165, 1.54) is 43.8 Å². The molecule has 41 heavy (non-hydrogen) atoms. The van der Waals surface area contributed by atoms with Crippen LogP contribution >= 0.6 is 0 Å². The molecule has 2 N–H and O–H groups in total. The highest BCUT2D eigenvalue weighted by molar-refractivity contribution is 5.77. The molecule has 0 saturated carbocycles. The van der Waals surface area contributed by atoms with Gasteiger partial charge in [-0.05, 0) is 76.8 Å². The highest BCUT2D eigenvalue weighted by atomic mass is 16.4. The first-order valence-electron chi connectivity index (χ1n) is 15.1. The van der Waals surface area contributed by atoms with Crippen molar-refractivity contribution in [3.05, 3.63) is 117 Å². The minimum Gasteiger partial charge on any atom is -0.425 e. The summed E-state index contributed by atoms with van der Waals surface area (Å²) in [5, 5.41) is 11.3. The van der Waals surface area contributed by atoms with Crippen molar-refractivity contribution in [3.63, 3.8) is 0 Å². The SMILES string of the molecule is Cc1nnc(C(C)(C)c2ccc(C(C)C3(C)C4=c5c3cccc5=C(C(CN)c3ccc(C(C)C)cc3)CC4)cc2)o1. The molecule has 4 heteroatoms. The van der Waals surface area contributed by atoms with Gasteiger partial charge in [-0.15, -0.1) is 10.2 Å². The van der Waals surface area contributed by atoms with E-state index in [9.17, 15) is 0 Å². The van der Waals surface area contributed by atoms with Gasteiger partial charge in [0.1, 0.15) is 0 Å². The zero-order valence-corrected chi connectivity index (χ0v) is 25.6. The Morgan fingerprint density at radius 3 is 2.15 bits per heavy atom. The first-order chi connectivity index (χ1) is 19.6. The molecular formula is C37H43N3O. The molecule has 1 heterocycles. The molecule has 0 bridgehead atoms. The molecule has 4 aromatic rings. The maximum Gasteiger partial charge on any atom is 0.226 e. The predicted octanol–water partition coefficient (Wildman–Crippen LogP) is 6.74. The Bertz CT molecular complexity index is 1710. The van der Waals surface area contributed by atoms with Crippen LogP contribution in [0.2, 0.25) is 0 Å². The summed E-state index contributed by atoms with van der Waals surface area (Å²) in [4.78, 5) is 0. The molecule has 6 rings (SSSR count). The number of hydrogen-bond acceptors (Lipinski definition) is 4. The van der Waals surface area contributed by atoms with Gasteiger partial charge in [-0.3, -0.25) is 0 Å². The molecule has 3 unspecified atom stereocenters. The van der Waals surface area contributed by atoms with Crippen molar-refractivity contribution >= 4 is 11.1 Å². The number of benzene rings is 3. The van der Waals surface area contributed by atoms with Gasteiger partial charge in [-0.1, -0.05) is 106 Å². The molecule has 1 aromatic heterocycles. The molecule has 4 nitrogen and oxygen atoms in total. The normalized spacial score (nSPS) is 19.6. The van der Waals surface area contributed by atoms with E-state index in [0.717, 1.165) is 12.8 Å². The van der Waals surface area contributed by atoms with Gasteiger partial charge in [0.25, 0.3) is 0 Å². The molecule has 0 aliphatic heterocycles. The van der Waals surface area contributed by atoms with Gasteiger partial charge >= 0.3 is 0 Å². The molecule has 3 aromatic carbocycles. The molecule has 3 atom stereocenters. The summed E-state index contributed by atoms with van der Waals surface area (Å²) in [6.07, 6.45) is 2.17. The lowest BCUT2D eigenvalue weighted by atomic mass is 9.55. The van der Waals surface area contributed by atoms with Crippen LogP contribution in [-0.4, -0.2) is 16.7 Å². The fourth-order valence-electron chi connectivity index (χ4n) is 7.36. The number of hydrogen-bond donors (Lipinski definition) is 1. The minimum absolute atomic E-state index is 0.0225. The van der Waals surface area contributed by atoms with E-state index in [2.05, 4.69) is 118 Å². The van der Waals surface area contributed by atoms with Crippen molar-refractivity contribution in [1.29, 1.82) is 0 Å². The molecule has 2 aliphatic carbocycles. The summed E-state index contributed by atoms with van der Waals surface area (Å²) in [5.74, 6) is 2.40. The quantitative estimate of drug-likeness (QED) is 0.266. The summed E-state index contributed by atoms with van der Waals surface area (Å²) in [7, 11) is 0. The van der Waals surface area contributed by atoms with Crippen LogP contribution < -0.4 is 16.2 Å². The van der Waals surface area contributed by atoms with Gasteiger partial charge in [-0.2, -0.15) is 0 Å². The van der Waals surface area contributed by atoms with E-state index in [-0.39, 0.29) is 16.7 Å². The summed E-state index contributed by atoms with van der Waals surface area (Å²) in [6.45, 7) is 16.1. The van der Waals surface area contributed by atoms with E-state index in [1.807, 2.05) is 6.92 Å². The van der Waals surface area contributed by atoms with Crippen LogP contribution in [0.5, 0.6) is 0 Å². The Morgan fingerprint density at radius 1 is 0.878 bits per heavy atom. The Morgan fingerprint density at radius 2 is 1.54 bits per heavy atom. The highest BCUT2D eigenvalue weighted by Crippen LogP contribution is 2.51. The molecule has 0 spiro atoms. The van der Waals surface area contributed by atoms with E-state index in [4.69, 9.17) is 10.2 Å². The van der Waals surface area contributed by atoms with Crippen LogP contribution in [0, 0.1) is 6.92 Å². The molecule has 0 amide bonds. The first kappa shape index (κ1) is 27.7. The second-order valence-electron chi connectivity index (χ2n) is 13.1. The lowest BCUT2D eigenvalue weighted by Gasteiger charge is -2.48. The van der Waals surface area contributed by atoms with Crippen molar-refractivity contribution in [3.8, 4) is 0 Å². The van der Waals surface area contributed by atoms with Crippen LogP contribution in [0.3, 0.4) is 0 Å². The highest BCUT2D eigenvalue weighted by Gasteiger charge is 2.46. The molecule has 212 valence electrons. The number of nitrogens with zero attached hydrogens (tertiary/aromatic N) is 2. The Hall–Kier alpha value is -3.50. The third-order valence-corrected chi connectivity index (χ3v) is 10.3. The Labute approximate surface area is 244 Å². The van der Waals surface area contributed by atoms with E-state index >= 15 is 0 Å². The van der Waals surface area contributed by atoms with Gasteiger partial charge in [0.05, 0.1) is 5.41 Å². The van der Waals surface area contributed by atoms with Crippen LogP contribution in [0.1, 0.15) is 112 Å². The Balaban J connectivity index is 1.35. The van der Waals surface area contributed by atoms with E-state index < -0.39 is 0 Å². The average molecular weight is 546 g/mol. The largest absolute Gasteiger partial charge is 0.425 e. The molecule has 0 saturated heterocycles. The number of rotatable bonds is 8. The maximum atomic E-state index is 6.46.